The molecule has 13 heavy (non-hydrogen) atoms. The van der Waals surface area contributed by atoms with Crippen molar-refractivity contribution in [2.24, 2.45) is 0 Å². The van der Waals surface area contributed by atoms with Crippen LogP contribution in [-0.4, -0.2) is 9.78 Å². The average Bonchev–Trinajstić information content (AvgIpc) is 2.53. The summed E-state index contributed by atoms with van der Waals surface area (Å²) in [5.41, 5.74) is 0.981. The van der Waals surface area contributed by atoms with Gasteiger partial charge in [0.2, 0.25) is 0 Å². The molecule has 1 aromatic carbocycles. The summed E-state index contributed by atoms with van der Waals surface area (Å²) < 4.78 is 2.72. The van der Waals surface area contributed by atoms with E-state index < -0.39 is 0 Å². The smallest absolute Gasteiger partial charge is 0.0790 e. The normalized spacial score (nSPS) is 10.3. The number of aromatic nitrogens is 2. The van der Waals surface area contributed by atoms with Crippen molar-refractivity contribution in [2.75, 3.05) is 0 Å². The number of halogens is 2. The van der Waals surface area contributed by atoms with Crippen LogP contribution in [0, 0.1) is 0 Å². The largest absolute Gasteiger partial charge is 0.238 e. The predicted octanol–water partition coefficient (Wildman–Crippen LogP) is 3.29. The molecule has 2 nitrogen and oxygen atoms in total. The third kappa shape index (κ3) is 1.76. The molecule has 0 radical (unpaired) electrons. The maximum Gasteiger partial charge on any atom is 0.0790 e. The quantitative estimate of drug-likeness (QED) is 0.766. The molecule has 0 unspecified atom stereocenters. The number of para-hydroxylation sites is 1. The Morgan fingerprint density at radius 3 is 2.69 bits per heavy atom. The zero-order valence-electron chi connectivity index (χ0n) is 6.61. The first-order chi connectivity index (χ1) is 6.27. The average molecular weight is 258 g/mol. The highest BCUT2D eigenvalue weighted by molar-refractivity contribution is 9.10. The number of hydrogen-bond acceptors (Lipinski definition) is 1. The van der Waals surface area contributed by atoms with Gasteiger partial charge in [-0.1, -0.05) is 23.7 Å². The summed E-state index contributed by atoms with van der Waals surface area (Å²) in [6.07, 6.45) is 3.38. The Bertz CT molecular complexity index is 425. The molecule has 0 aliphatic rings. The number of nitrogens with zero attached hydrogens (tertiary/aromatic N) is 2. The van der Waals surface area contributed by atoms with Gasteiger partial charge in [0.1, 0.15) is 0 Å². The van der Waals surface area contributed by atoms with Crippen LogP contribution in [0.15, 0.2) is 41.1 Å². The lowest BCUT2D eigenvalue weighted by Gasteiger charge is -2.02. The van der Waals surface area contributed by atoms with Gasteiger partial charge in [0.15, 0.2) is 0 Å². The molecule has 0 saturated heterocycles. The van der Waals surface area contributed by atoms with Crippen molar-refractivity contribution >= 4 is 27.5 Å². The Morgan fingerprint density at radius 2 is 2.08 bits per heavy atom. The third-order valence-corrected chi connectivity index (χ3v) is 2.52. The maximum atomic E-state index is 5.76. The number of hydrogen-bond donors (Lipinski definition) is 0. The number of rotatable bonds is 1. The van der Waals surface area contributed by atoms with Gasteiger partial charge in [-0.3, -0.25) is 0 Å². The van der Waals surface area contributed by atoms with Gasteiger partial charge >= 0.3 is 0 Å². The fourth-order valence-corrected chi connectivity index (χ4v) is 1.67. The summed E-state index contributed by atoms with van der Waals surface area (Å²) in [7, 11) is 0. The highest BCUT2D eigenvalue weighted by Crippen LogP contribution is 2.20. The molecule has 2 aromatic rings. The summed E-state index contributed by atoms with van der Waals surface area (Å²) in [5.74, 6) is 0. The van der Waals surface area contributed by atoms with Crippen molar-refractivity contribution in [1.29, 1.82) is 0 Å². The predicted molar refractivity (Wildman–Crippen MR) is 56.3 cm³/mol. The molecule has 0 saturated carbocycles. The number of benzene rings is 1. The molecule has 1 aromatic heterocycles. The molecule has 4 heteroatoms. The Kier molecular flexibility index (Phi) is 2.38. The van der Waals surface area contributed by atoms with Crippen molar-refractivity contribution in [2.45, 2.75) is 0 Å². The van der Waals surface area contributed by atoms with E-state index in [1.165, 1.54) is 0 Å². The summed E-state index contributed by atoms with van der Waals surface area (Å²) in [6, 6.07) is 7.84. The molecule has 0 aliphatic heterocycles. The molecular weight excluding hydrogens is 251 g/mol. The molecule has 0 aliphatic carbocycles. The first kappa shape index (κ1) is 8.78. The first-order valence-electron chi connectivity index (χ1n) is 3.72. The highest BCUT2D eigenvalue weighted by Gasteiger charge is 2.01. The molecule has 2 rings (SSSR count). The maximum absolute atomic E-state index is 5.76. The molecule has 0 atom stereocenters. The van der Waals surface area contributed by atoms with E-state index in [9.17, 15) is 0 Å². The van der Waals surface area contributed by atoms with Crippen molar-refractivity contribution in [1.82, 2.24) is 9.78 Å². The van der Waals surface area contributed by atoms with E-state index in [4.69, 9.17) is 11.6 Å². The van der Waals surface area contributed by atoms with E-state index in [0.717, 1.165) is 10.2 Å². The molecule has 0 N–H and O–H groups in total. The molecule has 0 fully saturated rings. The van der Waals surface area contributed by atoms with E-state index >= 15 is 0 Å². The first-order valence-corrected chi connectivity index (χ1v) is 4.89. The van der Waals surface area contributed by atoms with Crippen LogP contribution in [0.4, 0.5) is 0 Å². The lowest BCUT2D eigenvalue weighted by Crippen LogP contribution is -1.94. The van der Waals surface area contributed by atoms with Crippen LogP contribution in [0.25, 0.3) is 5.69 Å². The van der Waals surface area contributed by atoms with E-state index in [1.54, 1.807) is 17.1 Å². The molecular formula is C9H6BrClN2. The minimum atomic E-state index is 0.635. The van der Waals surface area contributed by atoms with Crippen LogP contribution in [0.5, 0.6) is 0 Å². The lowest BCUT2D eigenvalue weighted by molar-refractivity contribution is 0.876. The van der Waals surface area contributed by atoms with Gasteiger partial charge in [-0.15, -0.1) is 0 Å². The SMILES string of the molecule is Clc1cnn(-c2ccccc2Br)c1. The van der Waals surface area contributed by atoms with Crippen LogP contribution in [-0.2, 0) is 0 Å². The second-order valence-corrected chi connectivity index (χ2v) is 3.85. The lowest BCUT2D eigenvalue weighted by atomic mass is 10.3. The van der Waals surface area contributed by atoms with Crippen molar-refractivity contribution in [3.05, 3.63) is 46.2 Å². The zero-order chi connectivity index (χ0) is 9.26. The molecule has 66 valence electrons. The second kappa shape index (κ2) is 3.52. The van der Waals surface area contributed by atoms with E-state index in [2.05, 4.69) is 21.0 Å². The Hall–Kier alpha value is -0.800. The van der Waals surface area contributed by atoms with Crippen LogP contribution >= 0.6 is 27.5 Å². The highest BCUT2D eigenvalue weighted by atomic mass is 79.9. The summed E-state index contributed by atoms with van der Waals surface area (Å²) in [6.45, 7) is 0. The summed E-state index contributed by atoms with van der Waals surface area (Å²) in [4.78, 5) is 0. The summed E-state index contributed by atoms with van der Waals surface area (Å²) >= 11 is 9.20. The topological polar surface area (TPSA) is 17.8 Å². The van der Waals surface area contributed by atoms with E-state index in [1.807, 2.05) is 24.3 Å². The molecule has 0 spiro atoms. The van der Waals surface area contributed by atoms with Gasteiger partial charge in [0, 0.05) is 10.7 Å². The fourth-order valence-electron chi connectivity index (χ4n) is 1.07. The third-order valence-electron chi connectivity index (χ3n) is 1.65. The van der Waals surface area contributed by atoms with Gasteiger partial charge in [-0.05, 0) is 28.1 Å². The van der Waals surface area contributed by atoms with Gasteiger partial charge in [-0.2, -0.15) is 5.10 Å². The van der Waals surface area contributed by atoms with Gasteiger partial charge in [0.05, 0.1) is 16.9 Å². The second-order valence-electron chi connectivity index (χ2n) is 2.55. The minimum Gasteiger partial charge on any atom is -0.238 e. The van der Waals surface area contributed by atoms with E-state index in [0.29, 0.717) is 5.02 Å². The molecule has 1 heterocycles. The zero-order valence-corrected chi connectivity index (χ0v) is 8.96. The van der Waals surface area contributed by atoms with Crippen LogP contribution in [0.3, 0.4) is 0 Å². The van der Waals surface area contributed by atoms with Gasteiger partial charge in [0.25, 0.3) is 0 Å². The van der Waals surface area contributed by atoms with Gasteiger partial charge < -0.3 is 0 Å². The molecule has 0 bridgehead atoms. The Balaban J connectivity index is 2.52. The molecule has 0 amide bonds. The fraction of sp³-hybridized carbons (Fsp3) is 0. The Morgan fingerprint density at radius 1 is 1.31 bits per heavy atom. The minimum absolute atomic E-state index is 0.635. The van der Waals surface area contributed by atoms with Crippen LogP contribution < -0.4 is 0 Å². The van der Waals surface area contributed by atoms with Crippen LogP contribution in [0.2, 0.25) is 5.02 Å². The summed E-state index contributed by atoms with van der Waals surface area (Å²) in [5, 5.41) is 4.74. The van der Waals surface area contributed by atoms with Crippen LogP contribution in [0.1, 0.15) is 0 Å². The monoisotopic (exact) mass is 256 g/mol. The van der Waals surface area contributed by atoms with Crippen molar-refractivity contribution < 1.29 is 0 Å². The standard InChI is InChI=1S/C9H6BrClN2/c10-8-3-1-2-4-9(8)13-6-7(11)5-12-13/h1-6H. The van der Waals surface area contributed by atoms with E-state index in [-0.39, 0.29) is 0 Å². The van der Waals surface area contributed by atoms with Crippen molar-refractivity contribution in [3.8, 4) is 5.69 Å². The Labute approximate surface area is 89.3 Å². The van der Waals surface area contributed by atoms with Gasteiger partial charge in [-0.25, -0.2) is 4.68 Å². The van der Waals surface area contributed by atoms with Crippen molar-refractivity contribution in [3.63, 3.8) is 0 Å².